The predicted molar refractivity (Wildman–Crippen MR) is 177 cm³/mol. The molecule has 1 saturated carbocycles. The lowest BCUT2D eigenvalue weighted by molar-refractivity contribution is -0.156. The Labute approximate surface area is 275 Å². The first-order valence-corrected chi connectivity index (χ1v) is 16.2. The van der Waals surface area contributed by atoms with Crippen LogP contribution < -0.4 is 21.7 Å². The van der Waals surface area contributed by atoms with E-state index in [0.717, 1.165) is 5.56 Å². The number of nitrogens with one attached hydrogen (secondary N) is 3. The molecule has 0 radical (unpaired) electrons. The minimum Gasteiger partial charge on any atom is -0.461 e. The van der Waals surface area contributed by atoms with E-state index in [4.69, 9.17) is 33.7 Å². The van der Waals surface area contributed by atoms with Crippen LogP contribution in [0.2, 0.25) is 5.02 Å². The van der Waals surface area contributed by atoms with Gasteiger partial charge in [0.1, 0.15) is 23.7 Å². The molecule has 246 valence electrons. The van der Waals surface area contributed by atoms with Crippen LogP contribution in [0.3, 0.4) is 0 Å². The molecule has 1 saturated heterocycles. The highest BCUT2D eigenvalue weighted by Gasteiger charge is 2.65. The number of hydrogen-bond donors (Lipinski definition) is 4. The van der Waals surface area contributed by atoms with Crippen molar-refractivity contribution in [2.24, 2.45) is 17.1 Å². The fourth-order valence-corrected chi connectivity index (χ4v) is 7.06. The Morgan fingerprint density at radius 1 is 1.20 bits per heavy atom. The Morgan fingerprint density at radius 3 is 2.47 bits per heavy atom. The van der Waals surface area contributed by atoms with E-state index >= 15 is 0 Å². The van der Waals surface area contributed by atoms with Crippen LogP contribution in [0.5, 0.6) is 0 Å². The number of carbonyl (C=O) groups excluding carboxylic acids is 3. The van der Waals surface area contributed by atoms with Crippen molar-refractivity contribution < 1.29 is 23.5 Å². The van der Waals surface area contributed by atoms with Gasteiger partial charge in [0.15, 0.2) is 0 Å². The zero-order valence-corrected chi connectivity index (χ0v) is 28.2. The smallest absolute Gasteiger partial charge is 0.325 e. The number of anilines is 1. The van der Waals surface area contributed by atoms with E-state index in [9.17, 15) is 18.8 Å². The lowest BCUT2D eigenvalue weighted by atomic mass is 9.62. The Morgan fingerprint density at radius 2 is 1.87 bits per heavy atom. The average molecular weight is 664 g/mol. The summed E-state index contributed by atoms with van der Waals surface area (Å²) < 4.78 is 18.6. The lowest BCUT2D eigenvalue weighted by Gasteiger charge is -2.38. The van der Waals surface area contributed by atoms with Gasteiger partial charge in [-0.25, -0.2) is 4.39 Å². The summed E-state index contributed by atoms with van der Waals surface area (Å²) in [5.41, 5.74) is 5.31. The molecule has 3 aliphatic rings. The second kappa shape index (κ2) is 13.6. The third kappa shape index (κ3) is 7.64. The Hall–Kier alpha value is -2.72. The van der Waals surface area contributed by atoms with Gasteiger partial charge in [-0.2, -0.15) is 0 Å². The van der Waals surface area contributed by atoms with Gasteiger partial charge in [-0.05, 0) is 80.7 Å². The summed E-state index contributed by atoms with van der Waals surface area (Å²) in [6.07, 6.45) is 7.47. The second-order valence-corrected chi connectivity index (χ2v) is 15.2. The van der Waals surface area contributed by atoms with Crippen LogP contribution in [0, 0.1) is 11.3 Å². The van der Waals surface area contributed by atoms with E-state index < -0.39 is 41.6 Å². The molecule has 4 atom stereocenters. The van der Waals surface area contributed by atoms with Crippen LogP contribution in [0.1, 0.15) is 72.3 Å². The maximum atomic E-state index is 14.2. The number of halogens is 3. The number of rotatable bonds is 9. The summed E-state index contributed by atoms with van der Waals surface area (Å²) in [5, 5.41) is 10.3. The molecule has 45 heavy (non-hydrogen) atoms. The molecule has 1 aliphatic carbocycles. The highest BCUT2D eigenvalue weighted by molar-refractivity contribution is 6.31. The number of esters is 1. The van der Waals surface area contributed by atoms with Gasteiger partial charge in [-0.1, -0.05) is 68.8 Å². The first-order valence-electron chi connectivity index (χ1n) is 15.4. The molecular formula is C34H45Cl2FN4O4. The topological polar surface area (TPSA) is 123 Å². The van der Waals surface area contributed by atoms with Crippen molar-refractivity contribution >= 4 is 46.7 Å². The molecule has 2 heterocycles. The number of ether oxygens (including phenoxy) is 1. The highest BCUT2D eigenvalue weighted by Crippen LogP contribution is 2.55. The van der Waals surface area contributed by atoms with Crippen LogP contribution in [0.25, 0.3) is 0 Å². The van der Waals surface area contributed by atoms with Gasteiger partial charge in [-0.3, -0.25) is 14.4 Å². The number of nitrogens with two attached hydrogens (primary N) is 1. The normalized spacial score (nSPS) is 28.7. The summed E-state index contributed by atoms with van der Waals surface area (Å²) in [6, 6.07) is 3.95. The standard InChI is InChI=1S/C34H45Cl2FN4O4/c1-19(8-7-9-21(36)18-37)27-28(29(42)39-22-11-13-23(14-12-22)45-31(44)33(5,6)38)41-26(17-32(2,3)4)34(27)24-15-10-20(35)16-25(24)40-30(34)43/h7-10,15-16,22-23,26-28,41H,1,11-14,17-18,38H2,2-6H3,(H,39,42)(H,40,43)/b8-7-,21-9+/t22-,23-,26-,27+,28-,34+/m1/s1. The van der Waals surface area contributed by atoms with Crippen molar-refractivity contribution in [2.75, 3.05) is 12.0 Å². The van der Waals surface area contributed by atoms with Crippen molar-refractivity contribution in [3.63, 3.8) is 0 Å². The van der Waals surface area contributed by atoms with Crippen LogP contribution in [-0.2, 0) is 24.5 Å². The maximum Gasteiger partial charge on any atom is 0.325 e. The number of benzene rings is 1. The quantitative estimate of drug-likeness (QED) is 0.195. The summed E-state index contributed by atoms with van der Waals surface area (Å²) in [7, 11) is 0. The summed E-state index contributed by atoms with van der Waals surface area (Å²) in [4.78, 5) is 40.7. The summed E-state index contributed by atoms with van der Waals surface area (Å²) in [6.45, 7) is 13.0. The molecule has 2 aliphatic heterocycles. The van der Waals surface area contributed by atoms with Gasteiger partial charge >= 0.3 is 5.97 Å². The second-order valence-electron chi connectivity index (χ2n) is 14.2. The van der Waals surface area contributed by atoms with E-state index in [2.05, 4.69) is 43.3 Å². The number of carbonyl (C=O) groups is 3. The van der Waals surface area contributed by atoms with Gasteiger partial charge in [0.25, 0.3) is 0 Å². The van der Waals surface area contributed by atoms with E-state index in [1.54, 1.807) is 38.1 Å². The minimum absolute atomic E-state index is 0.0214. The van der Waals surface area contributed by atoms with Crippen LogP contribution in [0.4, 0.5) is 10.1 Å². The Bertz CT molecular complexity index is 1390. The molecule has 2 fully saturated rings. The molecular weight excluding hydrogens is 618 g/mol. The monoisotopic (exact) mass is 662 g/mol. The first-order chi connectivity index (χ1) is 21.0. The van der Waals surface area contributed by atoms with E-state index in [0.29, 0.717) is 48.4 Å². The van der Waals surface area contributed by atoms with Crippen LogP contribution in [-0.4, -0.2) is 54.2 Å². The first kappa shape index (κ1) is 35.1. The fraction of sp³-hybridized carbons (Fsp3) is 0.559. The van der Waals surface area contributed by atoms with E-state index in [1.807, 2.05) is 6.07 Å². The Balaban J connectivity index is 1.67. The molecule has 1 spiro atoms. The van der Waals surface area contributed by atoms with Crippen molar-refractivity contribution in [3.8, 4) is 0 Å². The van der Waals surface area contributed by atoms with E-state index in [1.165, 1.54) is 6.08 Å². The molecule has 0 bridgehead atoms. The number of amides is 2. The zero-order chi connectivity index (χ0) is 33.3. The van der Waals surface area contributed by atoms with Crippen LogP contribution >= 0.6 is 23.2 Å². The SMILES string of the molecule is C=C(/C=C\C=C(\Cl)CF)[C@H]1[C@H](C(=O)N[C@H]2CC[C@H](OC(=O)C(C)(C)N)CC2)N[C@H](CC(C)(C)C)[C@]12C(=O)Nc1cc(Cl)ccc12. The number of fused-ring (bicyclic) bond motifs is 2. The average Bonchev–Trinajstić information content (AvgIpc) is 3.42. The maximum absolute atomic E-state index is 14.2. The van der Waals surface area contributed by atoms with Crippen molar-refractivity contribution in [1.82, 2.24) is 10.6 Å². The number of allylic oxidation sites excluding steroid dienone is 4. The van der Waals surface area contributed by atoms with Crippen molar-refractivity contribution in [2.45, 2.75) is 102 Å². The summed E-state index contributed by atoms with van der Waals surface area (Å²) >= 11 is 12.2. The van der Waals surface area contributed by atoms with E-state index in [-0.39, 0.29) is 34.4 Å². The van der Waals surface area contributed by atoms with Gasteiger partial charge in [0.2, 0.25) is 11.8 Å². The molecule has 8 nitrogen and oxygen atoms in total. The Kier molecular flexibility index (Phi) is 10.6. The van der Waals surface area contributed by atoms with Gasteiger partial charge in [0, 0.05) is 33.7 Å². The molecule has 11 heteroatoms. The number of alkyl halides is 1. The molecule has 0 aromatic heterocycles. The minimum atomic E-state index is -1.18. The molecule has 0 unspecified atom stereocenters. The summed E-state index contributed by atoms with van der Waals surface area (Å²) in [5.74, 6) is -1.63. The molecule has 1 aromatic carbocycles. The molecule has 4 rings (SSSR count). The predicted octanol–water partition coefficient (Wildman–Crippen LogP) is 5.84. The van der Waals surface area contributed by atoms with Gasteiger partial charge < -0.3 is 26.4 Å². The number of hydrogen-bond acceptors (Lipinski definition) is 6. The largest absolute Gasteiger partial charge is 0.461 e. The highest BCUT2D eigenvalue weighted by atomic mass is 35.5. The van der Waals surface area contributed by atoms with Gasteiger partial charge in [0.05, 0.1) is 6.04 Å². The fourth-order valence-electron chi connectivity index (χ4n) is 6.82. The van der Waals surface area contributed by atoms with Crippen molar-refractivity contribution in [3.05, 3.63) is 64.2 Å². The third-order valence-corrected chi connectivity index (χ3v) is 9.30. The van der Waals surface area contributed by atoms with Gasteiger partial charge in [-0.15, -0.1) is 0 Å². The zero-order valence-electron chi connectivity index (χ0n) is 26.6. The molecule has 1 aromatic rings. The van der Waals surface area contributed by atoms with Crippen LogP contribution in [0.15, 0.2) is 53.6 Å². The molecule has 2 amide bonds. The third-order valence-electron chi connectivity index (χ3n) is 8.84. The molecule has 5 N–H and O–H groups in total. The lowest BCUT2D eigenvalue weighted by Crippen LogP contribution is -2.51. The van der Waals surface area contributed by atoms with Crippen molar-refractivity contribution in [1.29, 1.82) is 0 Å².